The van der Waals surface area contributed by atoms with E-state index in [-0.39, 0.29) is 5.82 Å². The van der Waals surface area contributed by atoms with Crippen molar-refractivity contribution < 1.29 is 8.60 Å². The normalized spacial score (nSPS) is 25.4. The number of hydrogen-bond acceptors (Lipinski definition) is 2. The van der Waals surface area contributed by atoms with E-state index in [1.807, 2.05) is 0 Å². The molecule has 1 saturated heterocycles. The summed E-state index contributed by atoms with van der Waals surface area (Å²) in [6.45, 7) is 0. The van der Waals surface area contributed by atoms with E-state index in [0.29, 0.717) is 6.04 Å². The topological polar surface area (TPSA) is 29.1 Å². The second-order valence-electron chi connectivity index (χ2n) is 3.89. The molecule has 1 heterocycles. The summed E-state index contributed by atoms with van der Waals surface area (Å²) >= 11 is 2.12. The van der Waals surface area contributed by atoms with E-state index in [0.717, 1.165) is 33.6 Å². The van der Waals surface area contributed by atoms with E-state index in [1.54, 1.807) is 6.07 Å². The summed E-state index contributed by atoms with van der Waals surface area (Å²) in [5.74, 6) is 1.34. The van der Waals surface area contributed by atoms with Crippen molar-refractivity contribution in [1.29, 1.82) is 0 Å². The number of hydrogen-bond donors (Lipinski definition) is 1. The summed E-state index contributed by atoms with van der Waals surface area (Å²) in [4.78, 5) is 0. The van der Waals surface area contributed by atoms with Crippen LogP contribution >= 0.6 is 22.6 Å². The first-order valence-corrected chi connectivity index (χ1v) is 7.78. The van der Waals surface area contributed by atoms with E-state index in [2.05, 4.69) is 27.9 Å². The van der Waals surface area contributed by atoms with Gasteiger partial charge in [-0.3, -0.25) is 4.21 Å². The number of halogens is 2. The fourth-order valence-electron chi connectivity index (χ4n) is 1.76. The van der Waals surface area contributed by atoms with Gasteiger partial charge in [-0.1, -0.05) is 0 Å². The summed E-state index contributed by atoms with van der Waals surface area (Å²) in [7, 11) is -0.630. The highest BCUT2D eigenvalue weighted by Gasteiger charge is 2.18. The van der Waals surface area contributed by atoms with Gasteiger partial charge in [0.05, 0.1) is 0 Å². The molecule has 16 heavy (non-hydrogen) atoms. The zero-order valence-corrected chi connectivity index (χ0v) is 11.7. The molecule has 0 saturated carbocycles. The van der Waals surface area contributed by atoms with Crippen LogP contribution in [-0.4, -0.2) is 21.8 Å². The van der Waals surface area contributed by atoms with Crippen molar-refractivity contribution in [2.24, 2.45) is 0 Å². The molecule has 2 nitrogen and oxygen atoms in total. The molecule has 0 spiro atoms. The molecule has 0 unspecified atom stereocenters. The van der Waals surface area contributed by atoms with Gasteiger partial charge in [-0.2, -0.15) is 0 Å². The third kappa shape index (κ3) is 3.16. The standard InChI is InChI=1S/C11H13FINOS/c12-8-1-2-11(10(13)7-8)14-9-3-5-16(15)6-4-9/h1-2,7,9,14H,3-6H2. The van der Waals surface area contributed by atoms with Crippen molar-refractivity contribution in [3.63, 3.8) is 0 Å². The van der Waals surface area contributed by atoms with Gasteiger partial charge in [0, 0.05) is 37.6 Å². The first kappa shape index (κ1) is 12.3. The van der Waals surface area contributed by atoms with E-state index >= 15 is 0 Å². The lowest BCUT2D eigenvalue weighted by atomic mass is 10.1. The van der Waals surface area contributed by atoms with E-state index in [9.17, 15) is 8.60 Å². The third-order valence-electron chi connectivity index (χ3n) is 2.68. The first-order valence-electron chi connectivity index (χ1n) is 5.22. The third-order valence-corrected chi connectivity index (χ3v) is 4.95. The lowest BCUT2D eigenvalue weighted by molar-refractivity contribution is 0.620. The lowest BCUT2D eigenvalue weighted by Gasteiger charge is -2.24. The molecule has 1 aliphatic heterocycles. The first-order chi connectivity index (χ1) is 7.65. The van der Waals surface area contributed by atoms with Gasteiger partial charge in [0.25, 0.3) is 0 Å². The average Bonchev–Trinajstić information content (AvgIpc) is 2.25. The van der Waals surface area contributed by atoms with Gasteiger partial charge in [0.2, 0.25) is 0 Å². The van der Waals surface area contributed by atoms with Gasteiger partial charge < -0.3 is 5.32 Å². The lowest BCUT2D eigenvalue weighted by Crippen LogP contribution is -2.29. The Bertz CT molecular complexity index is 403. The van der Waals surface area contributed by atoms with Crippen LogP contribution in [0.4, 0.5) is 10.1 Å². The Balaban J connectivity index is 2.01. The van der Waals surface area contributed by atoms with Crippen LogP contribution in [-0.2, 0) is 10.8 Å². The molecule has 0 aliphatic carbocycles. The van der Waals surface area contributed by atoms with Crippen molar-refractivity contribution in [3.05, 3.63) is 27.6 Å². The van der Waals surface area contributed by atoms with Crippen LogP contribution in [0.5, 0.6) is 0 Å². The predicted molar refractivity (Wildman–Crippen MR) is 73.6 cm³/mol. The summed E-state index contributed by atoms with van der Waals surface area (Å²) in [5.41, 5.74) is 0.972. The summed E-state index contributed by atoms with van der Waals surface area (Å²) in [6.07, 6.45) is 1.86. The molecule has 88 valence electrons. The molecule has 0 amide bonds. The molecule has 5 heteroatoms. The van der Waals surface area contributed by atoms with Gasteiger partial charge >= 0.3 is 0 Å². The number of rotatable bonds is 2. The van der Waals surface area contributed by atoms with Crippen molar-refractivity contribution in [2.45, 2.75) is 18.9 Å². The van der Waals surface area contributed by atoms with Crippen molar-refractivity contribution in [1.82, 2.24) is 0 Å². The largest absolute Gasteiger partial charge is 0.381 e. The number of anilines is 1. The Morgan fingerprint density at radius 1 is 1.38 bits per heavy atom. The predicted octanol–water partition coefficient (Wildman–Crippen LogP) is 2.75. The second-order valence-corrected chi connectivity index (χ2v) is 6.75. The number of benzene rings is 1. The average molecular weight is 353 g/mol. The quantitative estimate of drug-likeness (QED) is 0.829. The summed E-state index contributed by atoms with van der Waals surface area (Å²) < 4.78 is 25.0. The Morgan fingerprint density at radius 3 is 2.69 bits per heavy atom. The van der Waals surface area contributed by atoms with Crippen LogP contribution in [0.1, 0.15) is 12.8 Å². The van der Waals surface area contributed by atoms with Gasteiger partial charge in [-0.15, -0.1) is 0 Å². The minimum atomic E-state index is -0.630. The van der Waals surface area contributed by atoms with E-state index in [4.69, 9.17) is 0 Å². The molecule has 0 atom stereocenters. The minimum Gasteiger partial charge on any atom is -0.381 e. The molecule has 2 rings (SSSR count). The second kappa shape index (κ2) is 5.44. The smallest absolute Gasteiger partial charge is 0.124 e. The summed E-state index contributed by atoms with van der Waals surface area (Å²) in [6, 6.07) is 5.12. The van der Waals surface area contributed by atoms with Crippen LogP contribution in [0.25, 0.3) is 0 Å². The maximum absolute atomic E-state index is 12.9. The molecule has 1 aromatic rings. The van der Waals surface area contributed by atoms with Crippen LogP contribution in [0.15, 0.2) is 18.2 Å². The minimum absolute atomic E-state index is 0.209. The SMILES string of the molecule is O=S1CCC(Nc2ccc(F)cc2I)CC1. The fourth-order valence-corrected chi connectivity index (χ4v) is 3.70. The molecule has 1 aromatic carbocycles. The molecule has 0 radical (unpaired) electrons. The zero-order chi connectivity index (χ0) is 11.5. The Morgan fingerprint density at radius 2 is 2.06 bits per heavy atom. The molecular weight excluding hydrogens is 340 g/mol. The van der Waals surface area contributed by atoms with Crippen molar-refractivity contribution in [2.75, 3.05) is 16.8 Å². The highest BCUT2D eigenvalue weighted by Crippen LogP contribution is 2.22. The monoisotopic (exact) mass is 353 g/mol. The van der Waals surface area contributed by atoms with Gasteiger partial charge in [0.15, 0.2) is 0 Å². The Hall–Kier alpha value is -0.170. The van der Waals surface area contributed by atoms with Crippen LogP contribution in [0.3, 0.4) is 0 Å². The molecular formula is C11H13FINOS. The van der Waals surface area contributed by atoms with Gasteiger partial charge in [-0.25, -0.2) is 4.39 Å². The Kier molecular flexibility index (Phi) is 4.18. The maximum Gasteiger partial charge on any atom is 0.124 e. The van der Waals surface area contributed by atoms with Crippen LogP contribution in [0, 0.1) is 9.39 Å². The van der Waals surface area contributed by atoms with Crippen LogP contribution < -0.4 is 5.32 Å². The number of nitrogens with one attached hydrogen (secondary N) is 1. The highest BCUT2D eigenvalue weighted by atomic mass is 127. The highest BCUT2D eigenvalue weighted by molar-refractivity contribution is 14.1. The molecule has 1 fully saturated rings. The van der Waals surface area contributed by atoms with E-state index in [1.165, 1.54) is 12.1 Å². The van der Waals surface area contributed by atoms with E-state index < -0.39 is 10.8 Å². The fraction of sp³-hybridized carbons (Fsp3) is 0.455. The molecule has 1 N–H and O–H groups in total. The molecule has 1 aliphatic rings. The summed E-state index contributed by atoms with van der Waals surface area (Å²) in [5, 5.41) is 3.39. The van der Waals surface area contributed by atoms with Crippen LogP contribution in [0.2, 0.25) is 0 Å². The van der Waals surface area contributed by atoms with Gasteiger partial charge in [0.1, 0.15) is 5.82 Å². The zero-order valence-electron chi connectivity index (χ0n) is 8.71. The molecule has 0 bridgehead atoms. The van der Waals surface area contributed by atoms with Crippen molar-refractivity contribution in [3.8, 4) is 0 Å². The maximum atomic E-state index is 12.9. The molecule has 0 aromatic heterocycles. The van der Waals surface area contributed by atoms with Gasteiger partial charge in [-0.05, 0) is 53.6 Å². The Labute approximate surface area is 111 Å². The van der Waals surface area contributed by atoms with Crippen molar-refractivity contribution >= 4 is 39.1 Å².